The third-order valence-electron chi connectivity index (χ3n) is 2.50. The molecule has 0 amide bonds. The van der Waals surface area contributed by atoms with Crippen molar-refractivity contribution in [2.75, 3.05) is 7.11 Å². The summed E-state index contributed by atoms with van der Waals surface area (Å²) in [5.41, 5.74) is 1.71. The van der Waals surface area contributed by atoms with Crippen molar-refractivity contribution in [1.82, 2.24) is 9.97 Å². The van der Waals surface area contributed by atoms with Gasteiger partial charge in [0.25, 0.3) is 0 Å². The van der Waals surface area contributed by atoms with E-state index < -0.39 is 0 Å². The lowest BCUT2D eigenvalue weighted by atomic mass is 10.1. The molecule has 0 atom stereocenters. The Morgan fingerprint density at radius 1 is 1.21 bits per heavy atom. The Kier molecular flexibility index (Phi) is 4.07. The van der Waals surface area contributed by atoms with Gasteiger partial charge in [-0.05, 0) is 24.6 Å². The number of aromatic nitrogens is 2. The van der Waals surface area contributed by atoms with Crippen molar-refractivity contribution in [2.24, 2.45) is 0 Å². The molecule has 2 rings (SSSR count). The van der Waals surface area contributed by atoms with E-state index in [2.05, 4.69) is 14.7 Å². The van der Waals surface area contributed by atoms with Gasteiger partial charge in [0, 0.05) is 11.8 Å². The fraction of sp³-hybridized carbons (Fsp3) is 0.214. The molecule has 0 aliphatic rings. The van der Waals surface area contributed by atoms with Crippen molar-refractivity contribution in [2.45, 2.75) is 13.3 Å². The second-order valence-electron chi connectivity index (χ2n) is 4.00. The lowest BCUT2D eigenvalue weighted by Crippen LogP contribution is -2.04. The average molecular weight is 258 g/mol. The first-order valence-electron chi connectivity index (χ1n) is 5.79. The molecular formula is C14H14N2O3. The quantitative estimate of drug-likeness (QED) is 0.787. The molecule has 0 unspecified atom stereocenters. The maximum atomic E-state index is 11.1. The Morgan fingerprint density at radius 3 is 2.58 bits per heavy atom. The number of aryl methyl sites for hydroxylation is 1. The number of carbonyl (C=O) groups excluding carboxylic acids is 1. The monoisotopic (exact) mass is 258 g/mol. The largest absolute Gasteiger partial charge is 0.469 e. The highest BCUT2D eigenvalue weighted by atomic mass is 16.5. The summed E-state index contributed by atoms with van der Waals surface area (Å²) < 4.78 is 10.2. The summed E-state index contributed by atoms with van der Waals surface area (Å²) in [7, 11) is 1.37. The van der Waals surface area contributed by atoms with E-state index in [1.165, 1.54) is 13.4 Å². The van der Waals surface area contributed by atoms with Crippen LogP contribution in [0.3, 0.4) is 0 Å². The molecule has 98 valence electrons. The van der Waals surface area contributed by atoms with Gasteiger partial charge in [0.2, 0.25) is 5.88 Å². The van der Waals surface area contributed by atoms with Gasteiger partial charge in [-0.1, -0.05) is 12.1 Å². The second-order valence-corrected chi connectivity index (χ2v) is 4.00. The molecule has 0 bridgehead atoms. The number of carbonyl (C=O) groups is 1. The first kappa shape index (κ1) is 13.0. The van der Waals surface area contributed by atoms with Gasteiger partial charge in [-0.2, -0.15) is 0 Å². The Labute approximate surface area is 111 Å². The molecule has 1 aromatic carbocycles. The Bertz CT molecular complexity index is 567. The lowest BCUT2D eigenvalue weighted by Gasteiger charge is -2.06. The number of ether oxygens (including phenoxy) is 2. The van der Waals surface area contributed by atoms with Crippen molar-refractivity contribution >= 4 is 5.97 Å². The highest BCUT2D eigenvalue weighted by Gasteiger charge is 2.04. The summed E-state index contributed by atoms with van der Waals surface area (Å²) in [6, 6.07) is 8.97. The third-order valence-corrected chi connectivity index (χ3v) is 2.50. The SMILES string of the molecule is COC(=O)Cc1ccc(Oc2cc(C)ncn2)cc1. The van der Waals surface area contributed by atoms with Crippen LogP contribution in [-0.4, -0.2) is 23.0 Å². The van der Waals surface area contributed by atoms with Crippen LogP contribution in [0.5, 0.6) is 11.6 Å². The van der Waals surface area contributed by atoms with Crippen molar-refractivity contribution in [3.63, 3.8) is 0 Å². The normalized spacial score (nSPS) is 10.0. The average Bonchev–Trinajstić information content (AvgIpc) is 2.41. The number of rotatable bonds is 4. The predicted molar refractivity (Wildman–Crippen MR) is 69.0 cm³/mol. The molecule has 0 saturated carbocycles. The Balaban J connectivity index is 2.04. The van der Waals surface area contributed by atoms with Crippen LogP contribution < -0.4 is 4.74 Å². The van der Waals surface area contributed by atoms with E-state index in [1.807, 2.05) is 19.1 Å². The molecule has 0 aliphatic carbocycles. The first-order chi connectivity index (χ1) is 9.17. The summed E-state index contributed by atoms with van der Waals surface area (Å²) in [6.45, 7) is 1.87. The zero-order valence-electron chi connectivity index (χ0n) is 10.8. The maximum Gasteiger partial charge on any atom is 0.309 e. The molecular weight excluding hydrogens is 244 g/mol. The molecule has 1 heterocycles. The van der Waals surface area contributed by atoms with E-state index in [9.17, 15) is 4.79 Å². The highest BCUT2D eigenvalue weighted by Crippen LogP contribution is 2.19. The lowest BCUT2D eigenvalue weighted by molar-refractivity contribution is -0.139. The highest BCUT2D eigenvalue weighted by molar-refractivity contribution is 5.72. The van der Waals surface area contributed by atoms with Gasteiger partial charge in [0.05, 0.1) is 13.5 Å². The van der Waals surface area contributed by atoms with Crippen LogP contribution in [0.1, 0.15) is 11.3 Å². The topological polar surface area (TPSA) is 61.3 Å². The third kappa shape index (κ3) is 3.77. The molecule has 0 N–H and O–H groups in total. The Morgan fingerprint density at radius 2 is 1.95 bits per heavy atom. The maximum absolute atomic E-state index is 11.1. The smallest absolute Gasteiger partial charge is 0.309 e. The van der Waals surface area contributed by atoms with Crippen LogP contribution in [0.4, 0.5) is 0 Å². The van der Waals surface area contributed by atoms with Gasteiger partial charge in [0.15, 0.2) is 0 Å². The molecule has 0 aliphatic heterocycles. The fourth-order valence-corrected chi connectivity index (χ4v) is 1.52. The van der Waals surface area contributed by atoms with Gasteiger partial charge in [0.1, 0.15) is 12.1 Å². The zero-order chi connectivity index (χ0) is 13.7. The molecule has 5 heteroatoms. The van der Waals surface area contributed by atoms with Crippen LogP contribution in [-0.2, 0) is 16.0 Å². The van der Waals surface area contributed by atoms with E-state index in [1.54, 1.807) is 18.2 Å². The van der Waals surface area contributed by atoms with E-state index in [0.29, 0.717) is 11.6 Å². The summed E-state index contributed by atoms with van der Waals surface area (Å²) in [5, 5.41) is 0. The van der Waals surface area contributed by atoms with Gasteiger partial charge in [-0.15, -0.1) is 0 Å². The molecule has 0 fully saturated rings. The van der Waals surface area contributed by atoms with E-state index in [0.717, 1.165) is 11.3 Å². The number of nitrogens with zero attached hydrogens (tertiary/aromatic N) is 2. The molecule has 0 radical (unpaired) electrons. The van der Waals surface area contributed by atoms with Crippen LogP contribution in [0.2, 0.25) is 0 Å². The second kappa shape index (κ2) is 5.95. The minimum Gasteiger partial charge on any atom is -0.469 e. The van der Waals surface area contributed by atoms with Gasteiger partial charge in [-0.25, -0.2) is 9.97 Å². The Hall–Kier alpha value is -2.43. The number of esters is 1. The van der Waals surface area contributed by atoms with Crippen molar-refractivity contribution in [1.29, 1.82) is 0 Å². The summed E-state index contributed by atoms with van der Waals surface area (Å²) in [4.78, 5) is 19.1. The molecule has 0 spiro atoms. The summed E-state index contributed by atoms with van der Waals surface area (Å²) >= 11 is 0. The molecule has 5 nitrogen and oxygen atoms in total. The standard InChI is InChI=1S/C14H14N2O3/c1-10-7-13(16-9-15-10)19-12-5-3-11(4-6-12)8-14(17)18-2/h3-7,9H,8H2,1-2H3. The van der Waals surface area contributed by atoms with Crippen LogP contribution >= 0.6 is 0 Å². The molecule has 1 aromatic heterocycles. The summed E-state index contributed by atoms with van der Waals surface area (Å²) in [6.07, 6.45) is 1.71. The van der Waals surface area contributed by atoms with Gasteiger partial charge < -0.3 is 9.47 Å². The number of benzene rings is 1. The van der Waals surface area contributed by atoms with Crippen molar-refractivity contribution in [3.05, 3.63) is 47.9 Å². The van der Waals surface area contributed by atoms with Crippen molar-refractivity contribution < 1.29 is 14.3 Å². The van der Waals surface area contributed by atoms with E-state index >= 15 is 0 Å². The van der Waals surface area contributed by atoms with Crippen LogP contribution in [0, 0.1) is 6.92 Å². The predicted octanol–water partition coefficient (Wildman–Crippen LogP) is 2.29. The number of methoxy groups -OCH3 is 1. The van der Waals surface area contributed by atoms with Crippen molar-refractivity contribution in [3.8, 4) is 11.6 Å². The minimum absolute atomic E-state index is 0.253. The van der Waals surface area contributed by atoms with E-state index in [4.69, 9.17) is 4.74 Å². The van der Waals surface area contributed by atoms with Gasteiger partial charge in [-0.3, -0.25) is 4.79 Å². The minimum atomic E-state index is -0.264. The molecule has 0 saturated heterocycles. The van der Waals surface area contributed by atoms with Crippen LogP contribution in [0.15, 0.2) is 36.7 Å². The number of hydrogen-bond donors (Lipinski definition) is 0. The van der Waals surface area contributed by atoms with Gasteiger partial charge >= 0.3 is 5.97 Å². The number of hydrogen-bond acceptors (Lipinski definition) is 5. The summed E-state index contributed by atoms with van der Waals surface area (Å²) in [5.74, 6) is 0.889. The van der Waals surface area contributed by atoms with Crippen LogP contribution in [0.25, 0.3) is 0 Å². The molecule has 19 heavy (non-hydrogen) atoms. The van der Waals surface area contributed by atoms with E-state index in [-0.39, 0.29) is 12.4 Å². The zero-order valence-corrected chi connectivity index (χ0v) is 10.8. The fourth-order valence-electron chi connectivity index (χ4n) is 1.52. The molecule has 2 aromatic rings. The first-order valence-corrected chi connectivity index (χ1v) is 5.79.